The van der Waals surface area contributed by atoms with E-state index < -0.39 is 0 Å². The van der Waals surface area contributed by atoms with E-state index in [4.69, 9.17) is 28.8 Å². The van der Waals surface area contributed by atoms with Crippen LogP contribution in [0.15, 0.2) is 11.6 Å². The third-order valence-corrected chi connectivity index (χ3v) is 7.21. The highest BCUT2D eigenvalue weighted by molar-refractivity contribution is 4.99. The molecule has 0 radical (unpaired) electrons. The number of likely N-dealkylation sites (N-methyl/N-ethyl adjacent to an activating group) is 4. The molecule has 5 heterocycles. The van der Waals surface area contributed by atoms with Crippen LogP contribution in [0.1, 0.15) is 70.7 Å². The van der Waals surface area contributed by atoms with E-state index in [1.807, 2.05) is 7.05 Å². The normalized spacial score (nSPS) is 25.4. The van der Waals surface area contributed by atoms with Gasteiger partial charge in [-0.25, -0.2) is 0 Å². The maximum absolute atomic E-state index is 8.66. The van der Waals surface area contributed by atoms with Crippen LogP contribution in [0.25, 0.3) is 0 Å². The van der Waals surface area contributed by atoms with Crippen LogP contribution in [0, 0.1) is 0 Å². The largest absolute Gasteiger partial charge is 0.394 e. The van der Waals surface area contributed by atoms with E-state index in [9.17, 15) is 0 Å². The Morgan fingerprint density at radius 3 is 1.38 bits per heavy atom. The van der Waals surface area contributed by atoms with E-state index >= 15 is 0 Å². The predicted octanol–water partition coefficient (Wildman–Crippen LogP) is 4.86. The molecule has 0 aromatic rings. The van der Waals surface area contributed by atoms with E-state index in [0.29, 0.717) is 12.2 Å². The second-order valence-corrected chi connectivity index (χ2v) is 11.3. The van der Waals surface area contributed by atoms with Gasteiger partial charge in [0, 0.05) is 52.4 Å². The molecular weight excluding hydrogens is 572 g/mol. The number of nitrogens with zero attached hydrogens (tertiary/aromatic N) is 4. The highest BCUT2D eigenvalue weighted by Crippen LogP contribution is 2.05. The van der Waals surface area contributed by atoms with Crippen LogP contribution >= 0.6 is 0 Å². The Kier molecular flexibility index (Phi) is 41.5. The fourth-order valence-electron chi connectivity index (χ4n) is 4.36. The smallest absolute Gasteiger partial charge is 0.0932 e. The summed E-state index contributed by atoms with van der Waals surface area (Å²) in [5, 5.41) is 8.66. The maximum Gasteiger partial charge on any atom is 0.0932 e. The number of morpholine rings is 4. The van der Waals surface area contributed by atoms with Gasteiger partial charge in [0.05, 0.1) is 71.2 Å². The van der Waals surface area contributed by atoms with Gasteiger partial charge in [-0.1, -0.05) is 55.7 Å². The summed E-state index contributed by atoms with van der Waals surface area (Å²) < 4.78 is 26.1. The third-order valence-electron chi connectivity index (χ3n) is 7.21. The molecule has 45 heavy (non-hydrogen) atoms. The summed E-state index contributed by atoms with van der Waals surface area (Å²) >= 11 is 0. The SMILES string of the molecule is C.C.C.C.C.CC1=CCOCC1.CC[C@H]1CN(C)CCO1.CN1CCOCC1.CN1CCO[C@@H](CO)C1.C[C@H]1CN(C)CCO1. The molecule has 0 amide bonds. The second-order valence-electron chi connectivity index (χ2n) is 11.3. The van der Waals surface area contributed by atoms with Crippen LogP contribution < -0.4 is 0 Å². The molecule has 1 N–H and O–H groups in total. The lowest BCUT2D eigenvalue weighted by atomic mass is 10.2. The van der Waals surface area contributed by atoms with E-state index in [1.165, 1.54) is 5.57 Å². The van der Waals surface area contributed by atoms with E-state index in [-0.39, 0.29) is 49.8 Å². The summed E-state index contributed by atoms with van der Waals surface area (Å²) in [6.45, 7) is 21.1. The lowest BCUT2D eigenvalue weighted by Gasteiger charge is -2.29. The van der Waals surface area contributed by atoms with Gasteiger partial charge < -0.3 is 48.4 Å². The van der Waals surface area contributed by atoms with Crippen LogP contribution in [0.4, 0.5) is 0 Å². The Labute approximate surface area is 282 Å². The molecule has 0 aromatic heterocycles. The molecule has 5 rings (SSSR count). The van der Waals surface area contributed by atoms with Crippen molar-refractivity contribution in [2.75, 3.05) is 133 Å². The van der Waals surface area contributed by atoms with Crippen LogP contribution in [0.2, 0.25) is 0 Å². The highest BCUT2D eigenvalue weighted by Gasteiger charge is 2.16. The van der Waals surface area contributed by atoms with Gasteiger partial charge >= 0.3 is 0 Å². The number of rotatable bonds is 2. The van der Waals surface area contributed by atoms with Crippen molar-refractivity contribution < 1.29 is 28.8 Å². The number of hydrogen-bond donors (Lipinski definition) is 1. The van der Waals surface area contributed by atoms with Crippen molar-refractivity contribution in [3.63, 3.8) is 0 Å². The number of aliphatic hydroxyl groups excluding tert-OH is 1. The lowest BCUT2D eigenvalue weighted by Crippen LogP contribution is -2.41. The van der Waals surface area contributed by atoms with Gasteiger partial charge in [0.15, 0.2) is 0 Å². The van der Waals surface area contributed by atoms with E-state index in [0.717, 1.165) is 111 Å². The van der Waals surface area contributed by atoms with Crippen molar-refractivity contribution >= 4 is 0 Å². The van der Waals surface area contributed by atoms with Crippen molar-refractivity contribution in [2.24, 2.45) is 0 Å². The highest BCUT2D eigenvalue weighted by atomic mass is 16.5. The molecule has 0 unspecified atom stereocenters. The molecule has 0 bridgehead atoms. The Hall–Kier alpha value is -0.660. The molecule has 10 nitrogen and oxygen atoms in total. The molecule has 3 atom stereocenters. The predicted molar refractivity (Wildman–Crippen MR) is 196 cm³/mol. The molecular formula is C35H82N4O6. The maximum atomic E-state index is 8.66. The Morgan fingerprint density at radius 1 is 0.644 bits per heavy atom. The fourth-order valence-corrected chi connectivity index (χ4v) is 4.36. The zero-order valence-electron chi connectivity index (χ0n) is 26.8. The molecule has 278 valence electrons. The first-order chi connectivity index (χ1) is 19.2. The lowest BCUT2D eigenvalue weighted by molar-refractivity contribution is -0.0453. The van der Waals surface area contributed by atoms with Crippen molar-refractivity contribution in [3.05, 3.63) is 11.6 Å². The minimum atomic E-state index is 0. The topological polar surface area (TPSA) is 79.3 Å². The third kappa shape index (κ3) is 30.4. The summed E-state index contributed by atoms with van der Waals surface area (Å²) in [7, 11) is 8.41. The van der Waals surface area contributed by atoms with Gasteiger partial charge in [-0.05, 0) is 54.9 Å². The summed E-state index contributed by atoms with van der Waals surface area (Å²) in [6.07, 6.45) is 5.37. The average molecular weight is 655 g/mol. The molecule has 5 aliphatic rings. The van der Waals surface area contributed by atoms with Crippen LogP contribution in [0.5, 0.6) is 0 Å². The van der Waals surface area contributed by atoms with Crippen molar-refractivity contribution in [1.29, 1.82) is 0 Å². The van der Waals surface area contributed by atoms with Crippen molar-refractivity contribution in [2.45, 2.75) is 89.1 Å². The Balaban J connectivity index is -0.000000145. The summed E-state index contributed by atoms with van der Waals surface area (Å²) in [4.78, 5) is 9.03. The quantitative estimate of drug-likeness (QED) is 0.418. The van der Waals surface area contributed by atoms with Crippen molar-refractivity contribution in [3.8, 4) is 0 Å². The van der Waals surface area contributed by atoms with Gasteiger partial charge in [0.1, 0.15) is 0 Å². The van der Waals surface area contributed by atoms with Gasteiger partial charge in [-0.15, -0.1) is 0 Å². The molecule has 0 aromatic carbocycles. The standard InChI is InChI=1S/C7H15NO.C6H13NO2.C6H13NO.C6H10O.C5H11NO.5CH4/c1-3-7-6-8(2)4-5-9-7;1-7-2-3-9-6(4-7)5-8;1-6-5-7(2)3-4-8-6;2*1-6-2-4-7-5-3-6;;;;;/h7H,3-6H2,1-2H3;6,8H,2-5H2,1H3;6H,3-5H2,1-2H3;2H,3-5H2,1H3;2-5H2,1H3;5*1H4/t7-;2*6-;;;;;;;/m010......./s1. The summed E-state index contributed by atoms with van der Waals surface area (Å²) in [5.41, 5.74) is 1.46. The number of hydrogen-bond acceptors (Lipinski definition) is 10. The first-order valence-electron chi connectivity index (χ1n) is 15.2. The first kappa shape index (κ1) is 53.8. The van der Waals surface area contributed by atoms with Gasteiger partial charge in [-0.2, -0.15) is 0 Å². The minimum Gasteiger partial charge on any atom is -0.394 e. The van der Waals surface area contributed by atoms with Crippen LogP contribution in [0.3, 0.4) is 0 Å². The zero-order chi connectivity index (χ0) is 29.6. The molecule has 0 aliphatic carbocycles. The molecule has 10 heteroatoms. The van der Waals surface area contributed by atoms with Crippen molar-refractivity contribution in [1.82, 2.24) is 19.6 Å². The summed E-state index contributed by atoms with van der Waals surface area (Å²) in [5.74, 6) is 0. The summed E-state index contributed by atoms with van der Waals surface area (Å²) in [6, 6.07) is 0. The molecule has 4 fully saturated rings. The first-order valence-corrected chi connectivity index (χ1v) is 15.2. The fraction of sp³-hybridized carbons (Fsp3) is 0.943. The Bertz CT molecular complexity index is 595. The number of ether oxygens (including phenoxy) is 5. The Morgan fingerprint density at radius 2 is 1.11 bits per heavy atom. The monoisotopic (exact) mass is 655 g/mol. The average Bonchev–Trinajstić information content (AvgIpc) is 2.95. The second kappa shape index (κ2) is 34.7. The molecule has 5 aliphatic heterocycles. The minimum absolute atomic E-state index is 0. The van der Waals surface area contributed by atoms with Gasteiger partial charge in [0.2, 0.25) is 0 Å². The van der Waals surface area contributed by atoms with Crippen LogP contribution in [-0.4, -0.2) is 176 Å². The van der Waals surface area contributed by atoms with E-state index in [1.54, 1.807) is 0 Å². The molecule has 4 saturated heterocycles. The molecule has 0 spiro atoms. The van der Waals surface area contributed by atoms with Gasteiger partial charge in [-0.3, -0.25) is 0 Å². The molecule has 0 saturated carbocycles. The number of aliphatic hydroxyl groups is 1. The van der Waals surface area contributed by atoms with E-state index in [2.05, 4.69) is 67.6 Å². The van der Waals surface area contributed by atoms with Gasteiger partial charge in [0.25, 0.3) is 0 Å². The zero-order valence-corrected chi connectivity index (χ0v) is 26.8. The van der Waals surface area contributed by atoms with Crippen LogP contribution in [-0.2, 0) is 23.7 Å².